The molecule has 1 fully saturated rings. The van der Waals surface area contributed by atoms with Crippen LogP contribution in [0.3, 0.4) is 0 Å². The van der Waals surface area contributed by atoms with Gasteiger partial charge in [0, 0.05) is 6.54 Å². The summed E-state index contributed by atoms with van der Waals surface area (Å²) in [4.78, 5) is 23.0. The van der Waals surface area contributed by atoms with Gasteiger partial charge in [-0.05, 0) is 26.3 Å². The normalized spacial score (nSPS) is 27.5. The summed E-state index contributed by atoms with van der Waals surface area (Å²) in [6.07, 6.45) is 0.235. The van der Waals surface area contributed by atoms with E-state index in [-0.39, 0.29) is 5.91 Å². The Kier molecular flexibility index (Phi) is 4.47. The molecule has 98 valence electrons. The van der Waals surface area contributed by atoms with E-state index in [1.807, 2.05) is 6.92 Å². The monoisotopic (exact) mass is 244 g/mol. The fourth-order valence-electron chi connectivity index (χ4n) is 2.08. The van der Waals surface area contributed by atoms with Gasteiger partial charge in [-0.3, -0.25) is 4.79 Å². The van der Waals surface area contributed by atoms with E-state index in [1.165, 1.54) is 6.92 Å². The summed E-state index contributed by atoms with van der Waals surface area (Å²) < 4.78 is 0. The Morgan fingerprint density at radius 1 is 1.53 bits per heavy atom. The lowest BCUT2D eigenvalue weighted by Gasteiger charge is -2.28. The van der Waals surface area contributed by atoms with Gasteiger partial charge in [-0.1, -0.05) is 6.92 Å². The van der Waals surface area contributed by atoms with Gasteiger partial charge in [-0.25, -0.2) is 4.79 Å². The number of aliphatic carboxylic acids is 1. The first-order chi connectivity index (χ1) is 7.93. The fraction of sp³-hybridized carbons (Fsp3) is 0.818. The zero-order chi connectivity index (χ0) is 13.1. The van der Waals surface area contributed by atoms with Gasteiger partial charge in [-0.2, -0.15) is 0 Å². The first-order valence-electron chi connectivity index (χ1n) is 5.85. The van der Waals surface area contributed by atoms with E-state index in [0.717, 1.165) is 6.54 Å². The largest absolute Gasteiger partial charge is 0.480 e. The Balaban J connectivity index is 2.72. The number of aliphatic hydroxyl groups is 1. The number of carbonyl (C=O) groups excluding carboxylic acids is 1. The van der Waals surface area contributed by atoms with Crippen LogP contribution in [0.25, 0.3) is 0 Å². The minimum Gasteiger partial charge on any atom is -0.480 e. The minimum atomic E-state index is -1.24. The molecule has 1 aliphatic rings. The van der Waals surface area contributed by atoms with Crippen molar-refractivity contribution in [2.75, 3.05) is 13.1 Å². The van der Waals surface area contributed by atoms with Crippen LogP contribution in [0, 0.1) is 5.41 Å². The van der Waals surface area contributed by atoms with Crippen molar-refractivity contribution in [2.45, 2.75) is 38.8 Å². The van der Waals surface area contributed by atoms with Gasteiger partial charge in [-0.15, -0.1) is 0 Å². The molecule has 1 heterocycles. The maximum Gasteiger partial charge on any atom is 0.328 e. The number of carbonyl (C=O) groups is 2. The van der Waals surface area contributed by atoms with Crippen LogP contribution in [0.15, 0.2) is 0 Å². The standard InChI is InChI=1S/C11H20N2O4/c1-3-11(4-5-12-6-11)10(17)13-8(7(2)14)9(15)16/h7-8,12,14H,3-6H2,1-2H3,(H,13,17)(H,15,16). The van der Waals surface area contributed by atoms with Crippen LogP contribution >= 0.6 is 0 Å². The molecule has 0 radical (unpaired) electrons. The first-order valence-corrected chi connectivity index (χ1v) is 5.85. The molecule has 0 spiro atoms. The third-order valence-electron chi connectivity index (χ3n) is 3.44. The van der Waals surface area contributed by atoms with Gasteiger partial charge < -0.3 is 20.8 Å². The molecule has 4 N–H and O–H groups in total. The van der Waals surface area contributed by atoms with Gasteiger partial charge in [0.05, 0.1) is 11.5 Å². The number of rotatable bonds is 5. The van der Waals surface area contributed by atoms with Crippen LogP contribution in [0.4, 0.5) is 0 Å². The number of aliphatic hydroxyl groups excluding tert-OH is 1. The highest BCUT2D eigenvalue weighted by molar-refractivity contribution is 5.88. The van der Waals surface area contributed by atoms with Crippen molar-refractivity contribution in [3.8, 4) is 0 Å². The van der Waals surface area contributed by atoms with Crippen LogP contribution < -0.4 is 10.6 Å². The predicted octanol–water partition coefficient (Wildman–Crippen LogP) is -0.674. The molecule has 6 heteroatoms. The lowest BCUT2D eigenvalue weighted by Crippen LogP contribution is -2.53. The lowest BCUT2D eigenvalue weighted by atomic mass is 9.83. The third-order valence-corrected chi connectivity index (χ3v) is 3.44. The summed E-state index contributed by atoms with van der Waals surface area (Å²) >= 11 is 0. The Labute approximate surface area is 100 Å². The summed E-state index contributed by atoms with van der Waals surface area (Å²) in [5.74, 6) is -1.51. The summed E-state index contributed by atoms with van der Waals surface area (Å²) in [6.45, 7) is 4.57. The topological polar surface area (TPSA) is 98.7 Å². The predicted molar refractivity (Wildman–Crippen MR) is 61.5 cm³/mol. The molecule has 1 aliphatic heterocycles. The molecular weight excluding hydrogens is 224 g/mol. The number of carboxylic acids is 1. The van der Waals surface area contributed by atoms with E-state index in [0.29, 0.717) is 19.4 Å². The number of carboxylic acid groups (broad SMARTS) is 1. The maximum absolute atomic E-state index is 12.1. The van der Waals surface area contributed by atoms with E-state index < -0.39 is 23.5 Å². The molecule has 0 saturated carbocycles. The molecule has 0 aliphatic carbocycles. The van der Waals surface area contributed by atoms with E-state index in [2.05, 4.69) is 10.6 Å². The molecule has 0 aromatic rings. The maximum atomic E-state index is 12.1. The highest BCUT2D eigenvalue weighted by atomic mass is 16.4. The molecule has 6 nitrogen and oxygen atoms in total. The van der Waals surface area contributed by atoms with Crippen LogP contribution in [0.5, 0.6) is 0 Å². The minimum absolute atomic E-state index is 0.293. The fourth-order valence-corrected chi connectivity index (χ4v) is 2.08. The summed E-state index contributed by atoms with van der Waals surface area (Å²) in [7, 11) is 0. The van der Waals surface area contributed by atoms with Crippen molar-refractivity contribution >= 4 is 11.9 Å². The van der Waals surface area contributed by atoms with E-state index >= 15 is 0 Å². The van der Waals surface area contributed by atoms with Gasteiger partial charge in [0.25, 0.3) is 0 Å². The molecule has 0 aromatic carbocycles. The highest BCUT2D eigenvalue weighted by Crippen LogP contribution is 2.29. The number of hydrogen-bond donors (Lipinski definition) is 4. The molecule has 0 aromatic heterocycles. The van der Waals surface area contributed by atoms with E-state index in [4.69, 9.17) is 5.11 Å². The van der Waals surface area contributed by atoms with Gasteiger partial charge in [0.2, 0.25) is 5.91 Å². The summed E-state index contributed by atoms with van der Waals surface area (Å²) in [6, 6.07) is -1.24. The van der Waals surface area contributed by atoms with Crippen LogP contribution in [0.1, 0.15) is 26.7 Å². The van der Waals surface area contributed by atoms with Gasteiger partial charge >= 0.3 is 5.97 Å². The first kappa shape index (κ1) is 13.9. The Morgan fingerprint density at radius 3 is 2.53 bits per heavy atom. The Morgan fingerprint density at radius 2 is 2.18 bits per heavy atom. The quantitative estimate of drug-likeness (QED) is 0.514. The van der Waals surface area contributed by atoms with Gasteiger partial charge in [0.1, 0.15) is 0 Å². The number of nitrogens with one attached hydrogen (secondary N) is 2. The molecular formula is C11H20N2O4. The number of hydrogen-bond acceptors (Lipinski definition) is 4. The van der Waals surface area contributed by atoms with Crippen LogP contribution in [-0.2, 0) is 9.59 Å². The third kappa shape index (κ3) is 2.95. The summed E-state index contributed by atoms with van der Waals surface area (Å²) in [5, 5.41) is 23.7. The molecule has 1 rings (SSSR count). The van der Waals surface area contributed by atoms with Crippen molar-refractivity contribution in [1.82, 2.24) is 10.6 Å². The summed E-state index contributed by atoms with van der Waals surface area (Å²) in [5.41, 5.74) is -0.539. The zero-order valence-electron chi connectivity index (χ0n) is 10.2. The Hall–Kier alpha value is -1.14. The van der Waals surface area contributed by atoms with Crippen LogP contribution in [0.2, 0.25) is 0 Å². The van der Waals surface area contributed by atoms with Crippen molar-refractivity contribution in [1.29, 1.82) is 0 Å². The Bertz CT molecular complexity index is 298. The van der Waals surface area contributed by atoms with Crippen molar-refractivity contribution in [2.24, 2.45) is 5.41 Å². The lowest BCUT2D eigenvalue weighted by molar-refractivity contribution is -0.146. The van der Waals surface area contributed by atoms with E-state index in [1.54, 1.807) is 0 Å². The van der Waals surface area contributed by atoms with Gasteiger partial charge in [0.15, 0.2) is 6.04 Å². The second-order valence-corrected chi connectivity index (χ2v) is 4.59. The van der Waals surface area contributed by atoms with E-state index in [9.17, 15) is 14.7 Å². The molecule has 1 saturated heterocycles. The molecule has 1 amide bonds. The van der Waals surface area contributed by atoms with Crippen molar-refractivity contribution in [3.05, 3.63) is 0 Å². The average Bonchev–Trinajstić information content (AvgIpc) is 2.74. The second-order valence-electron chi connectivity index (χ2n) is 4.59. The smallest absolute Gasteiger partial charge is 0.328 e. The zero-order valence-corrected chi connectivity index (χ0v) is 10.2. The highest BCUT2D eigenvalue weighted by Gasteiger charge is 2.41. The number of amides is 1. The molecule has 17 heavy (non-hydrogen) atoms. The molecule has 3 unspecified atom stereocenters. The molecule has 0 bridgehead atoms. The second kappa shape index (κ2) is 5.46. The van der Waals surface area contributed by atoms with Crippen molar-refractivity contribution in [3.63, 3.8) is 0 Å². The SMILES string of the molecule is CCC1(C(=O)NC(C(=O)O)C(C)O)CCNC1. The van der Waals surface area contributed by atoms with Crippen molar-refractivity contribution < 1.29 is 19.8 Å². The average molecular weight is 244 g/mol. The molecule has 3 atom stereocenters. The van der Waals surface area contributed by atoms with Crippen LogP contribution in [-0.4, -0.2) is 47.3 Å².